The minimum absolute atomic E-state index is 0.460. The monoisotopic (exact) mass is 214 g/mol. The Balaban J connectivity index is 3.23. The lowest BCUT2D eigenvalue weighted by Gasteiger charge is -2.09. The lowest BCUT2D eigenvalue weighted by molar-refractivity contribution is 0.355. The predicted octanol–water partition coefficient (Wildman–Crippen LogP) is 1.65. The van der Waals surface area contributed by atoms with E-state index in [1.807, 2.05) is 0 Å². The molecular weight excluding hydrogens is 204 g/mol. The predicted molar refractivity (Wildman–Crippen MR) is 56.3 cm³/mol. The first-order valence-electron chi connectivity index (χ1n) is 3.87. The van der Waals surface area contributed by atoms with Crippen molar-refractivity contribution >= 4 is 17.8 Å². The molecular formula is C9H11ClN2O2. The molecule has 76 valence electrons. The van der Waals surface area contributed by atoms with Gasteiger partial charge in [-0.25, -0.2) is 0 Å². The Morgan fingerprint density at radius 2 is 2.07 bits per heavy atom. The van der Waals surface area contributed by atoms with Crippen LogP contribution in [-0.4, -0.2) is 20.4 Å². The van der Waals surface area contributed by atoms with Crippen LogP contribution in [0.2, 0.25) is 5.02 Å². The first-order valence-corrected chi connectivity index (χ1v) is 4.25. The van der Waals surface area contributed by atoms with Crippen molar-refractivity contribution in [3.8, 4) is 11.5 Å². The van der Waals surface area contributed by atoms with Crippen molar-refractivity contribution < 1.29 is 9.47 Å². The van der Waals surface area contributed by atoms with Crippen molar-refractivity contribution in [3.63, 3.8) is 0 Å². The molecule has 0 fully saturated rings. The van der Waals surface area contributed by atoms with E-state index in [1.165, 1.54) is 20.4 Å². The second-order valence-corrected chi connectivity index (χ2v) is 2.92. The minimum atomic E-state index is 0.460. The van der Waals surface area contributed by atoms with E-state index < -0.39 is 0 Å². The molecule has 0 saturated heterocycles. The highest BCUT2D eigenvalue weighted by molar-refractivity contribution is 6.32. The van der Waals surface area contributed by atoms with Crippen LogP contribution in [0.3, 0.4) is 0 Å². The summed E-state index contributed by atoms with van der Waals surface area (Å²) in [6, 6.07) is 3.43. The Kier molecular flexibility index (Phi) is 3.59. The first-order chi connectivity index (χ1) is 6.72. The van der Waals surface area contributed by atoms with Crippen molar-refractivity contribution in [2.24, 2.45) is 10.9 Å². The normalized spacial score (nSPS) is 10.5. The molecule has 0 aromatic heterocycles. The number of nitrogens with two attached hydrogens (primary N) is 1. The van der Waals surface area contributed by atoms with E-state index in [1.54, 1.807) is 12.1 Å². The number of halogens is 1. The zero-order chi connectivity index (χ0) is 10.6. The SMILES string of the molecule is COc1cc(/C=N/N)cc(Cl)c1OC. The number of benzene rings is 1. The molecule has 0 unspecified atom stereocenters. The largest absolute Gasteiger partial charge is 0.493 e. The number of rotatable bonds is 3. The molecule has 0 saturated carbocycles. The fourth-order valence-electron chi connectivity index (χ4n) is 1.10. The van der Waals surface area contributed by atoms with E-state index in [-0.39, 0.29) is 0 Å². The van der Waals surface area contributed by atoms with Gasteiger partial charge in [0, 0.05) is 0 Å². The smallest absolute Gasteiger partial charge is 0.179 e. The molecule has 0 spiro atoms. The van der Waals surface area contributed by atoms with Crippen molar-refractivity contribution in [3.05, 3.63) is 22.7 Å². The number of nitrogens with zero attached hydrogens (tertiary/aromatic N) is 1. The number of hydrazone groups is 1. The van der Waals surface area contributed by atoms with E-state index in [2.05, 4.69) is 5.10 Å². The third-order valence-electron chi connectivity index (χ3n) is 1.68. The molecule has 0 aliphatic rings. The molecule has 0 radical (unpaired) electrons. The van der Waals surface area contributed by atoms with Gasteiger partial charge in [-0.1, -0.05) is 11.6 Å². The fraction of sp³-hybridized carbons (Fsp3) is 0.222. The summed E-state index contributed by atoms with van der Waals surface area (Å²) in [4.78, 5) is 0. The molecule has 0 bridgehead atoms. The number of hydrogen-bond acceptors (Lipinski definition) is 4. The standard InChI is InChI=1S/C9H11ClN2O2/c1-13-8-4-6(5-12-11)3-7(10)9(8)14-2/h3-5H,11H2,1-2H3/b12-5+. The molecule has 0 aliphatic heterocycles. The average Bonchev–Trinajstić information content (AvgIpc) is 2.17. The van der Waals surface area contributed by atoms with Crippen molar-refractivity contribution in [2.75, 3.05) is 14.2 Å². The molecule has 5 heteroatoms. The van der Waals surface area contributed by atoms with Gasteiger partial charge in [-0.05, 0) is 17.7 Å². The highest BCUT2D eigenvalue weighted by Gasteiger charge is 2.09. The Morgan fingerprint density at radius 3 is 2.57 bits per heavy atom. The van der Waals surface area contributed by atoms with Crippen LogP contribution in [0, 0.1) is 0 Å². The van der Waals surface area contributed by atoms with Crippen LogP contribution in [0.25, 0.3) is 0 Å². The quantitative estimate of drug-likeness (QED) is 0.473. The van der Waals surface area contributed by atoms with Crippen LogP contribution in [0.15, 0.2) is 17.2 Å². The van der Waals surface area contributed by atoms with Gasteiger partial charge in [0.1, 0.15) is 0 Å². The summed E-state index contributed by atoms with van der Waals surface area (Å²) in [6.07, 6.45) is 1.48. The third-order valence-corrected chi connectivity index (χ3v) is 1.96. The van der Waals surface area contributed by atoms with Gasteiger partial charge in [0.05, 0.1) is 25.5 Å². The van der Waals surface area contributed by atoms with Gasteiger partial charge in [-0.2, -0.15) is 5.10 Å². The topological polar surface area (TPSA) is 56.8 Å². The molecule has 0 atom stereocenters. The lowest BCUT2D eigenvalue weighted by Crippen LogP contribution is -1.94. The van der Waals surface area contributed by atoms with E-state index in [9.17, 15) is 0 Å². The maximum atomic E-state index is 5.94. The van der Waals surface area contributed by atoms with E-state index in [0.717, 1.165) is 5.56 Å². The molecule has 4 nitrogen and oxygen atoms in total. The van der Waals surface area contributed by atoms with Crippen LogP contribution in [0.5, 0.6) is 11.5 Å². The lowest BCUT2D eigenvalue weighted by atomic mass is 10.2. The average molecular weight is 215 g/mol. The van der Waals surface area contributed by atoms with E-state index in [4.69, 9.17) is 26.9 Å². The Morgan fingerprint density at radius 1 is 1.36 bits per heavy atom. The van der Waals surface area contributed by atoms with E-state index in [0.29, 0.717) is 16.5 Å². The molecule has 0 aliphatic carbocycles. The fourth-order valence-corrected chi connectivity index (χ4v) is 1.39. The molecule has 14 heavy (non-hydrogen) atoms. The second-order valence-electron chi connectivity index (χ2n) is 2.52. The maximum Gasteiger partial charge on any atom is 0.179 e. The zero-order valence-corrected chi connectivity index (χ0v) is 8.71. The summed E-state index contributed by atoms with van der Waals surface area (Å²) in [6.45, 7) is 0. The minimum Gasteiger partial charge on any atom is -0.493 e. The molecule has 1 rings (SSSR count). The first kappa shape index (κ1) is 10.7. The maximum absolute atomic E-state index is 5.94. The van der Waals surface area contributed by atoms with Crippen molar-refractivity contribution in [1.82, 2.24) is 0 Å². The summed E-state index contributed by atoms with van der Waals surface area (Å²) in [5, 5.41) is 3.86. The zero-order valence-electron chi connectivity index (χ0n) is 7.95. The van der Waals surface area contributed by atoms with Crippen LogP contribution in [-0.2, 0) is 0 Å². The summed E-state index contributed by atoms with van der Waals surface area (Å²) >= 11 is 5.94. The summed E-state index contributed by atoms with van der Waals surface area (Å²) < 4.78 is 10.2. The summed E-state index contributed by atoms with van der Waals surface area (Å²) in [5.74, 6) is 6.08. The van der Waals surface area contributed by atoms with Gasteiger partial charge in [0.25, 0.3) is 0 Å². The van der Waals surface area contributed by atoms with Crippen LogP contribution in [0.4, 0.5) is 0 Å². The molecule has 0 amide bonds. The van der Waals surface area contributed by atoms with Gasteiger partial charge in [0.2, 0.25) is 0 Å². The molecule has 1 aromatic rings. The van der Waals surface area contributed by atoms with E-state index >= 15 is 0 Å². The Hall–Kier alpha value is -1.42. The van der Waals surface area contributed by atoms with Gasteiger partial charge >= 0.3 is 0 Å². The van der Waals surface area contributed by atoms with Gasteiger partial charge in [0.15, 0.2) is 11.5 Å². The van der Waals surface area contributed by atoms with Crippen molar-refractivity contribution in [2.45, 2.75) is 0 Å². The second kappa shape index (κ2) is 4.72. The number of ether oxygens (including phenoxy) is 2. The van der Waals surface area contributed by atoms with Gasteiger partial charge < -0.3 is 15.3 Å². The number of methoxy groups -OCH3 is 2. The third kappa shape index (κ3) is 2.09. The van der Waals surface area contributed by atoms with Gasteiger partial charge in [-0.15, -0.1) is 0 Å². The van der Waals surface area contributed by atoms with Crippen LogP contribution in [0.1, 0.15) is 5.56 Å². The Bertz CT molecular complexity index is 353. The molecule has 2 N–H and O–H groups in total. The summed E-state index contributed by atoms with van der Waals surface area (Å²) in [7, 11) is 3.07. The molecule has 1 aromatic carbocycles. The van der Waals surface area contributed by atoms with Crippen LogP contribution < -0.4 is 15.3 Å². The summed E-state index contributed by atoms with van der Waals surface area (Å²) in [5.41, 5.74) is 0.759. The number of hydrogen-bond donors (Lipinski definition) is 1. The van der Waals surface area contributed by atoms with Crippen LogP contribution >= 0.6 is 11.6 Å². The molecule has 0 heterocycles. The van der Waals surface area contributed by atoms with Gasteiger partial charge in [-0.3, -0.25) is 0 Å². The Labute approximate surface area is 87.3 Å². The highest BCUT2D eigenvalue weighted by Crippen LogP contribution is 2.35. The van der Waals surface area contributed by atoms with Crippen molar-refractivity contribution in [1.29, 1.82) is 0 Å². The highest BCUT2D eigenvalue weighted by atomic mass is 35.5.